The first kappa shape index (κ1) is 19.9. The van der Waals surface area contributed by atoms with Crippen molar-refractivity contribution < 1.29 is 23.2 Å². The van der Waals surface area contributed by atoms with Crippen molar-refractivity contribution in [1.29, 1.82) is 0 Å². The number of carbonyl (C=O) groups is 1. The van der Waals surface area contributed by atoms with Crippen LogP contribution in [0.15, 0.2) is 53.4 Å². The first-order chi connectivity index (χ1) is 12.8. The van der Waals surface area contributed by atoms with Gasteiger partial charge in [-0.25, -0.2) is 13.9 Å². The zero-order chi connectivity index (χ0) is 19.6. The molecule has 1 saturated heterocycles. The molecule has 0 saturated carbocycles. The van der Waals surface area contributed by atoms with Crippen LogP contribution in [0.2, 0.25) is 10.0 Å². The van der Waals surface area contributed by atoms with Crippen molar-refractivity contribution in [3.63, 3.8) is 0 Å². The summed E-state index contributed by atoms with van der Waals surface area (Å²) in [5.74, 6) is -0.326. The van der Waals surface area contributed by atoms with Gasteiger partial charge in [-0.3, -0.25) is 10.0 Å². The van der Waals surface area contributed by atoms with E-state index >= 15 is 0 Å². The number of hydrogen-bond acceptors (Lipinski definition) is 5. The standard InChI is InChI=1S/C17H16Cl2N2O5S/c18-11-1-5-13(6-2-11)26-14-9-16(17(22)20-23)21(10-14)27(24,25)15-7-3-12(19)4-8-15/h1-8,14,16,23H,9-10H2,(H,20,22)/t14-,16+/m1/s1. The van der Waals surface area contributed by atoms with E-state index < -0.39 is 28.1 Å². The fourth-order valence-corrected chi connectivity index (χ4v) is 4.76. The summed E-state index contributed by atoms with van der Waals surface area (Å²) >= 11 is 11.7. The molecule has 0 bridgehead atoms. The summed E-state index contributed by atoms with van der Waals surface area (Å²) in [5.41, 5.74) is 1.52. The average molecular weight is 431 g/mol. The Morgan fingerprint density at radius 3 is 2.19 bits per heavy atom. The molecule has 7 nitrogen and oxygen atoms in total. The highest BCUT2D eigenvalue weighted by Crippen LogP contribution is 2.30. The molecule has 27 heavy (non-hydrogen) atoms. The monoisotopic (exact) mass is 430 g/mol. The summed E-state index contributed by atoms with van der Waals surface area (Å²) in [6.45, 7) is -0.0499. The van der Waals surface area contributed by atoms with Crippen LogP contribution in [-0.2, 0) is 14.8 Å². The van der Waals surface area contributed by atoms with Crippen LogP contribution in [0.4, 0.5) is 0 Å². The number of carbonyl (C=O) groups excluding carboxylic acids is 1. The van der Waals surface area contributed by atoms with E-state index in [1.54, 1.807) is 24.3 Å². The number of sulfonamides is 1. The lowest BCUT2D eigenvalue weighted by atomic mass is 10.2. The second kappa shape index (κ2) is 8.04. The molecular weight excluding hydrogens is 415 g/mol. The molecule has 1 aliphatic heterocycles. The van der Waals surface area contributed by atoms with Gasteiger partial charge in [-0.05, 0) is 48.5 Å². The number of hydrogen-bond donors (Lipinski definition) is 2. The van der Waals surface area contributed by atoms with E-state index in [4.69, 9.17) is 33.1 Å². The molecular formula is C17H16Cl2N2O5S. The molecule has 1 aliphatic rings. The molecule has 2 aromatic carbocycles. The third-order valence-electron chi connectivity index (χ3n) is 4.17. The van der Waals surface area contributed by atoms with Gasteiger partial charge in [-0.2, -0.15) is 4.31 Å². The van der Waals surface area contributed by atoms with Crippen LogP contribution in [0, 0.1) is 0 Å². The molecule has 0 aromatic heterocycles. The summed E-state index contributed by atoms with van der Waals surface area (Å²) in [6, 6.07) is 11.1. The molecule has 2 aromatic rings. The van der Waals surface area contributed by atoms with E-state index in [1.165, 1.54) is 29.7 Å². The maximum Gasteiger partial charge on any atom is 0.261 e. The van der Waals surface area contributed by atoms with Gasteiger partial charge in [-0.1, -0.05) is 23.2 Å². The Kier molecular flexibility index (Phi) is 5.92. The summed E-state index contributed by atoms with van der Waals surface area (Å²) in [4.78, 5) is 12.0. The minimum absolute atomic E-state index is 0.00483. The molecule has 2 N–H and O–H groups in total. The Hall–Kier alpha value is -1.84. The number of amides is 1. The summed E-state index contributed by atoms with van der Waals surface area (Å²) in [7, 11) is -3.99. The van der Waals surface area contributed by atoms with Gasteiger partial charge >= 0.3 is 0 Å². The minimum Gasteiger partial charge on any atom is -0.489 e. The lowest BCUT2D eigenvalue weighted by Gasteiger charge is -2.22. The van der Waals surface area contributed by atoms with Crippen LogP contribution in [0.1, 0.15) is 6.42 Å². The molecule has 0 spiro atoms. The Labute approximate surface area is 166 Å². The maximum atomic E-state index is 13.0. The fourth-order valence-electron chi connectivity index (χ4n) is 2.88. The van der Waals surface area contributed by atoms with Gasteiger partial charge in [0.15, 0.2) is 0 Å². The van der Waals surface area contributed by atoms with Gasteiger partial charge in [0.05, 0.1) is 11.4 Å². The number of ether oxygens (including phenoxy) is 1. The highest BCUT2D eigenvalue weighted by Gasteiger charge is 2.45. The van der Waals surface area contributed by atoms with Crippen LogP contribution in [-0.4, -0.2) is 42.5 Å². The van der Waals surface area contributed by atoms with Gasteiger partial charge in [0.25, 0.3) is 5.91 Å². The van der Waals surface area contributed by atoms with Gasteiger partial charge in [-0.15, -0.1) is 0 Å². The van der Waals surface area contributed by atoms with E-state index in [-0.39, 0.29) is 17.9 Å². The number of halogens is 2. The fraction of sp³-hybridized carbons (Fsp3) is 0.235. The van der Waals surface area contributed by atoms with Crippen molar-refractivity contribution >= 4 is 39.1 Å². The van der Waals surface area contributed by atoms with Crippen molar-refractivity contribution in [2.45, 2.75) is 23.5 Å². The zero-order valence-electron chi connectivity index (χ0n) is 13.9. The van der Waals surface area contributed by atoms with E-state index in [1.807, 2.05) is 0 Å². The topological polar surface area (TPSA) is 95.9 Å². The summed E-state index contributed by atoms with van der Waals surface area (Å²) < 4.78 is 32.7. The van der Waals surface area contributed by atoms with Crippen molar-refractivity contribution in [1.82, 2.24) is 9.79 Å². The molecule has 144 valence electrons. The molecule has 1 amide bonds. The molecule has 1 fully saturated rings. The van der Waals surface area contributed by atoms with Gasteiger partial charge in [0, 0.05) is 16.5 Å². The smallest absolute Gasteiger partial charge is 0.261 e. The van der Waals surface area contributed by atoms with Gasteiger partial charge in [0.2, 0.25) is 10.0 Å². The molecule has 0 aliphatic carbocycles. The van der Waals surface area contributed by atoms with E-state index in [2.05, 4.69) is 0 Å². The molecule has 2 atom stereocenters. The quantitative estimate of drug-likeness (QED) is 0.561. The average Bonchev–Trinajstić information content (AvgIpc) is 3.08. The van der Waals surface area contributed by atoms with Crippen LogP contribution in [0.3, 0.4) is 0 Å². The highest BCUT2D eigenvalue weighted by molar-refractivity contribution is 7.89. The number of rotatable bonds is 5. The summed E-state index contributed by atoms with van der Waals surface area (Å²) in [6.07, 6.45) is -0.488. The number of hydroxylamine groups is 1. The highest BCUT2D eigenvalue weighted by atomic mass is 35.5. The Morgan fingerprint density at radius 1 is 1.07 bits per heavy atom. The second-order valence-corrected chi connectivity index (χ2v) is 8.71. The van der Waals surface area contributed by atoms with Gasteiger partial charge < -0.3 is 4.74 Å². The van der Waals surface area contributed by atoms with E-state index in [0.717, 1.165) is 4.31 Å². The van der Waals surface area contributed by atoms with Gasteiger partial charge in [0.1, 0.15) is 17.9 Å². The molecule has 10 heteroatoms. The lowest BCUT2D eigenvalue weighted by Crippen LogP contribution is -2.45. The number of benzene rings is 2. The zero-order valence-corrected chi connectivity index (χ0v) is 16.2. The normalized spacial score (nSPS) is 20.4. The third kappa shape index (κ3) is 4.36. The molecule has 0 radical (unpaired) electrons. The Balaban J connectivity index is 1.86. The van der Waals surface area contributed by atoms with Crippen molar-refractivity contribution in [2.75, 3.05) is 6.54 Å². The Bertz CT molecular complexity index is 919. The predicted octanol–water partition coefficient (Wildman–Crippen LogP) is 2.71. The first-order valence-corrected chi connectivity index (χ1v) is 10.1. The van der Waals surface area contributed by atoms with E-state index in [0.29, 0.717) is 15.8 Å². The Morgan fingerprint density at radius 2 is 1.63 bits per heavy atom. The predicted molar refractivity (Wildman–Crippen MR) is 99.5 cm³/mol. The van der Waals surface area contributed by atoms with Crippen LogP contribution in [0.5, 0.6) is 5.75 Å². The molecule has 1 heterocycles. The second-order valence-electron chi connectivity index (χ2n) is 5.95. The van der Waals surface area contributed by atoms with Crippen molar-refractivity contribution in [3.8, 4) is 5.75 Å². The SMILES string of the molecule is O=C(NO)[C@@H]1C[C@@H](Oc2ccc(Cl)cc2)CN1S(=O)(=O)c1ccc(Cl)cc1. The largest absolute Gasteiger partial charge is 0.489 e. The lowest BCUT2D eigenvalue weighted by molar-refractivity contribution is -0.132. The number of nitrogens with one attached hydrogen (secondary N) is 1. The van der Waals surface area contributed by atoms with Crippen molar-refractivity contribution in [3.05, 3.63) is 58.6 Å². The number of nitrogens with zero attached hydrogens (tertiary/aromatic N) is 1. The van der Waals surface area contributed by atoms with E-state index in [9.17, 15) is 13.2 Å². The third-order valence-corrected chi connectivity index (χ3v) is 6.56. The molecule has 3 rings (SSSR count). The first-order valence-electron chi connectivity index (χ1n) is 7.95. The van der Waals surface area contributed by atoms with Crippen LogP contribution >= 0.6 is 23.2 Å². The summed E-state index contributed by atoms with van der Waals surface area (Å²) in [5, 5.41) is 9.93. The van der Waals surface area contributed by atoms with Crippen molar-refractivity contribution in [2.24, 2.45) is 0 Å². The maximum absolute atomic E-state index is 13.0. The van der Waals surface area contributed by atoms with Crippen LogP contribution in [0.25, 0.3) is 0 Å². The molecule has 0 unspecified atom stereocenters. The van der Waals surface area contributed by atoms with Crippen LogP contribution < -0.4 is 10.2 Å². The minimum atomic E-state index is -3.99.